The first-order chi connectivity index (χ1) is 14.9. The number of amides is 2. The van der Waals surface area contributed by atoms with E-state index in [9.17, 15) is 14.4 Å². The Labute approximate surface area is 193 Å². The molecule has 31 heavy (non-hydrogen) atoms. The zero-order valence-corrected chi connectivity index (χ0v) is 18.9. The first kappa shape index (κ1) is 21.5. The number of para-hydroxylation sites is 1. The summed E-state index contributed by atoms with van der Waals surface area (Å²) in [4.78, 5) is 41.4. The molecule has 2 aromatic rings. The minimum absolute atomic E-state index is 0.206. The molecule has 0 aromatic heterocycles. The number of carbonyl (C=O) groups is 3. The van der Waals surface area contributed by atoms with Crippen molar-refractivity contribution >= 4 is 68.9 Å². The second-order valence-electron chi connectivity index (χ2n) is 6.77. The monoisotopic (exact) mass is 472 g/mol. The van der Waals surface area contributed by atoms with Crippen molar-refractivity contribution in [2.45, 2.75) is 13.5 Å². The van der Waals surface area contributed by atoms with Gasteiger partial charge in [-0.05, 0) is 24.6 Å². The number of thioether (sulfide) groups is 1. The molecule has 1 saturated heterocycles. The molecule has 1 fully saturated rings. The number of halogens is 1. The van der Waals surface area contributed by atoms with E-state index in [1.54, 1.807) is 24.0 Å². The van der Waals surface area contributed by atoms with Gasteiger partial charge in [-0.1, -0.05) is 72.0 Å². The minimum atomic E-state index is -0.552. The third-order valence-corrected chi connectivity index (χ3v) is 6.70. The molecular weight excluding hydrogens is 456 g/mol. The molecule has 6 nitrogen and oxygen atoms in total. The van der Waals surface area contributed by atoms with E-state index in [0.717, 1.165) is 17.3 Å². The molecule has 0 atom stereocenters. The van der Waals surface area contributed by atoms with Gasteiger partial charge in [0, 0.05) is 10.6 Å². The molecule has 2 aliphatic rings. The Hall–Kier alpha value is -2.68. The van der Waals surface area contributed by atoms with E-state index in [1.165, 1.54) is 4.90 Å². The standard InChI is InChI=1S/C22H17ClN2O4S2/c1-2-29-17(26)12-25-21(28)19(31-22(25)30)18-14-8-4-6-10-16(14)24(20(18)27)11-13-7-3-5-9-15(13)23/h3-10H,2,11-12H2,1H3/b19-18-. The van der Waals surface area contributed by atoms with E-state index in [2.05, 4.69) is 0 Å². The molecule has 0 saturated carbocycles. The molecule has 2 heterocycles. The van der Waals surface area contributed by atoms with Crippen LogP contribution in [0.25, 0.3) is 5.57 Å². The number of rotatable bonds is 5. The molecule has 0 unspecified atom stereocenters. The van der Waals surface area contributed by atoms with Crippen LogP contribution < -0.4 is 4.90 Å². The van der Waals surface area contributed by atoms with E-state index < -0.39 is 11.9 Å². The first-order valence-electron chi connectivity index (χ1n) is 9.50. The van der Waals surface area contributed by atoms with Gasteiger partial charge in [-0.3, -0.25) is 19.3 Å². The summed E-state index contributed by atoms with van der Waals surface area (Å²) in [6, 6.07) is 14.6. The average molecular weight is 473 g/mol. The summed E-state index contributed by atoms with van der Waals surface area (Å²) < 4.78 is 5.15. The number of fused-ring (bicyclic) bond motifs is 1. The van der Waals surface area contributed by atoms with Gasteiger partial charge in [0.15, 0.2) is 0 Å². The number of nitrogens with zero attached hydrogens (tertiary/aromatic N) is 2. The lowest BCUT2D eigenvalue weighted by molar-refractivity contribution is -0.145. The van der Waals surface area contributed by atoms with Crippen LogP contribution in [-0.2, 0) is 25.7 Å². The predicted octanol–water partition coefficient (Wildman–Crippen LogP) is 4.02. The van der Waals surface area contributed by atoms with Gasteiger partial charge < -0.3 is 9.64 Å². The number of thiocarbonyl (C=S) groups is 1. The van der Waals surface area contributed by atoms with E-state index in [4.69, 9.17) is 28.6 Å². The maximum absolute atomic E-state index is 13.5. The fourth-order valence-corrected chi connectivity index (χ4v) is 5.00. The maximum atomic E-state index is 13.5. The smallest absolute Gasteiger partial charge is 0.326 e. The highest BCUT2D eigenvalue weighted by Gasteiger charge is 2.42. The van der Waals surface area contributed by atoms with Gasteiger partial charge in [-0.25, -0.2) is 0 Å². The summed E-state index contributed by atoms with van der Waals surface area (Å²) in [6.07, 6.45) is 0. The van der Waals surface area contributed by atoms with Crippen molar-refractivity contribution in [3.8, 4) is 0 Å². The van der Waals surface area contributed by atoms with Crippen molar-refractivity contribution in [1.29, 1.82) is 0 Å². The van der Waals surface area contributed by atoms with Crippen LogP contribution in [0.4, 0.5) is 5.69 Å². The van der Waals surface area contributed by atoms with Gasteiger partial charge in [0.1, 0.15) is 10.9 Å². The largest absolute Gasteiger partial charge is 0.465 e. The number of hydrogen-bond donors (Lipinski definition) is 0. The Morgan fingerprint density at radius 3 is 2.52 bits per heavy atom. The van der Waals surface area contributed by atoms with E-state index in [0.29, 0.717) is 16.3 Å². The topological polar surface area (TPSA) is 66.9 Å². The number of esters is 1. The maximum Gasteiger partial charge on any atom is 0.326 e. The summed E-state index contributed by atoms with van der Waals surface area (Å²) in [5, 5.41) is 0.557. The van der Waals surface area contributed by atoms with Gasteiger partial charge >= 0.3 is 5.97 Å². The molecule has 2 aromatic carbocycles. The van der Waals surface area contributed by atoms with Crippen LogP contribution in [0, 0.1) is 0 Å². The van der Waals surface area contributed by atoms with Crippen LogP contribution in [0.3, 0.4) is 0 Å². The van der Waals surface area contributed by atoms with Crippen LogP contribution in [0.2, 0.25) is 5.02 Å². The highest BCUT2D eigenvalue weighted by molar-refractivity contribution is 8.26. The Bertz CT molecular complexity index is 1150. The second-order valence-corrected chi connectivity index (χ2v) is 8.82. The molecule has 158 valence electrons. The second kappa shape index (κ2) is 8.82. The molecule has 9 heteroatoms. The number of hydrogen-bond acceptors (Lipinski definition) is 6. The normalized spacial score (nSPS) is 18.1. The van der Waals surface area contributed by atoms with Crippen LogP contribution in [0.15, 0.2) is 53.4 Å². The van der Waals surface area contributed by atoms with Gasteiger partial charge in [0.2, 0.25) is 0 Å². The SMILES string of the molecule is CCOC(=O)CN1C(=O)/C(=C2/C(=O)N(Cc3ccccc3Cl)c3ccccc32)SC1=S. The first-order valence-corrected chi connectivity index (χ1v) is 11.1. The van der Waals surface area contributed by atoms with Crippen LogP contribution in [0.5, 0.6) is 0 Å². The lowest BCUT2D eigenvalue weighted by Crippen LogP contribution is -2.34. The van der Waals surface area contributed by atoms with Gasteiger partial charge in [-0.15, -0.1) is 0 Å². The van der Waals surface area contributed by atoms with Crippen molar-refractivity contribution in [2.24, 2.45) is 0 Å². The lowest BCUT2D eigenvalue weighted by Gasteiger charge is -2.18. The fourth-order valence-electron chi connectivity index (χ4n) is 3.47. The molecule has 0 bridgehead atoms. The summed E-state index contributed by atoms with van der Waals surface area (Å²) in [5.74, 6) is -1.33. The van der Waals surface area contributed by atoms with Crippen molar-refractivity contribution in [3.63, 3.8) is 0 Å². The average Bonchev–Trinajstić information content (AvgIpc) is 3.17. The van der Waals surface area contributed by atoms with Crippen molar-refractivity contribution in [3.05, 3.63) is 69.6 Å². The zero-order valence-electron chi connectivity index (χ0n) is 16.5. The minimum Gasteiger partial charge on any atom is -0.465 e. The fraction of sp³-hybridized carbons (Fsp3) is 0.182. The van der Waals surface area contributed by atoms with Gasteiger partial charge in [-0.2, -0.15) is 0 Å². The quantitative estimate of drug-likeness (QED) is 0.372. The van der Waals surface area contributed by atoms with Crippen LogP contribution in [0.1, 0.15) is 18.1 Å². The summed E-state index contributed by atoms with van der Waals surface area (Å²) in [6.45, 7) is 1.88. The number of benzene rings is 2. The highest BCUT2D eigenvalue weighted by atomic mass is 35.5. The summed E-state index contributed by atoms with van der Waals surface area (Å²) in [7, 11) is 0. The molecular formula is C22H17ClN2O4S2. The Morgan fingerprint density at radius 2 is 1.77 bits per heavy atom. The molecule has 2 amide bonds. The Kier molecular flexibility index (Phi) is 6.13. The van der Waals surface area contributed by atoms with E-state index in [1.807, 2.05) is 36.4 Å². The van der Waals surface area contributed by atoms with Crippen molar-refractivity contribution in [2.75, 3.05) is 18.1 Å². The van der Waals surface area contributed by atoms with Gasteiger partial charge in [0.25, 0.3) is 11.8 Å². The van der Waals surface area contributed by atoms with E-state index >= 15 is 0 Å². The van der Waals surface area contributed by atoms with Gasteiger partial charge in [0.05, 0.1) is 29.3 Å². The van der Waals surface area contributed by atoms with Crippen LogP contribution >= 0.6 is 35.6 Å². The third kappa shape index (κ3) is 3.98. The summed E-state index contributed by atoms with van der Waals surface area (Å²) in [5.41, 5.74) is 2.42. The lowest BCUT2D eigenvalue weighted by atomic mass is 10.1. The molecule has 0 spiro atoms. The van der Waals surface area contributed by atoms with Crippen molar-refractivity contribution < 1.29 is 19.1 Å². The summed E-state index contributed by atoms with van der Waals surface area (Å²) >= 11 is 12.6. The zero-order chi connectivity index (χ0) is 22.1. The molecule has 0 radical (unpaired) electrons. The molecule has 0 N–H and O–H groups in total. The number of anilines is 1. The van der Waals surface area contributed by atoms with Crippen molar-refractivity contribution in [1.82, 2.24) is 4.90 Å². The molecule has 0 aliphatic carbocycles. The Balaban J connectivity index is 1.72. The highest BCUT2D eigenvalue weighted by Crippen LogP contribution is 2.45. The number of ether oxygens (including phenoxy) is 1. The third-order valence-electron chi connectivity index (χ3n) is 4.88. The Morgan fingerprint density at radius 1 is 1.06 bits per heavy atom. The molecule has 2 aliphatic heterocycles. The molecule has 4 rings (SSSR count). The van der Waals surface area contributed by atoms with Crippen LogP contribution in [-0.4, -0.2) is 40.2 Å². The number of carbonyl (C=O) groups excluding carboxylic acids is 3. The predicted molar refractivity (Wildman–Crippen MR) is 125 cm³/mol. The van der Waals surface area contributed by atoms with E-state index in [-0.39, 0.29) is 40.4 Å².